The molecule has 23 heavy (non-hydrogen) atoms. The zero-order valence-corrected chi connectivity index (χ0v) is 14.2. The van der Waals surface area contributed by atoms with E-state index < -0.39 is 0 Å². The maximum absolute atomic E-state index is 3.65. The van der Waals surface area contributed by atoms with Gasteiger partial charge in [0.2, 0.25) is 0 Å². The van der Waals surface area contributed by atoms with Crippen molar-refractivity contribution in [3.8, 4) is 11.3 Å². The Hall–Kier alpha value is -1.71. The van der Waals surface area contributed by atoms with Crippen molar-refractivity contribution < 1.29 is 4.90 Å². The van der Waals surface area contributed by atoms with Crippen LogP contribution in [-0.4, -0.2) is 36.1 Å². The summed E-state index contributed by atoms with van der Waals surface area (Å²) in [6.07, 6.45) is 1.15. The molecule has 1 aromatic heterocycles. The monoisotopic (exact) mass is 323 g/mol. The number of nitrogens with one attached hydrogen (secondary N) is 2. The molecule has 0 atom stereocenters. The molecule has 0 unspecified atom stereocenters. The van der Waals surface area contributed by atoms with E-state index in [2.05, 4.69) is 71.3 Å². The number of aromatic amines is 1. The van der Waals surface area contributed by atoms with E-state index in [4.69, 9.17) is 0 Å². The summed E-state index contributed by atoms with van der Waals surface area (Å²) in [4.78, 5) is 5.41. The number of fused-ring (bicyclic) bond motifs is 1. The molecular weight excluding hydrogens is 300 g/mol. The Morgan fingerprint density at radius 2 is 1.65 bits per heavy atom. The van der Waals surface area contributed by atoms with E-state index in [1.54, 1.807) is 4.90 Å². The third kappa shape index (κ3) is 3.17. The average Bonchev–Trinajstić information content (AvgIpc) is 3.00. The van der Waals surface area contributed by atoms with Gasteiger partial charge in [-0.3, -0.25) is 0 Å². The number of rotatable bonds is 4. The van der Waals surface area contributed by atoms with Crippen LogP contribution in [0.5, 0.6) is 0 Å². The molecule has 3 aromatic rings. The molecule has 0 spiro atoms. The van der Waals surface area contributed by atoms with E-state index in [-0.39, 0.29) is 0 Å². The maximum atomic E-state index is 3.65. The van der Waals surface area contributed by atoms with Crippen molar-refractivity contribution in [1.82, 2.24) is 4.98 Å². The van der Waals surface area contributed by atoms with Crippen molar-refractivity contribution in [1.29, 1.82) is 0 Å². The molecule has 0 aliphatic carbocycles. The Balaban J connectivity index is 1.68. The molecule has 2 nitrogen and oxygen atoms in total. The van der Waals surface area contributed by atoms with Gasteiger partial charge in [0, 0.05) is 34.5 Å². The van der Waals surface area contributed by atoms with Crippen LogP contribution in [0.3, 0.4) is 0 Å². The molecule has 1 aliphatic heterocycles. The van der Waals surface area contributed by atoms with E-state index in [0.29, 0.717) is 0 Å². The Morgan fingerprint density at radius 1 is 0.913 bits per heavy atom. The van der Waals surface area contributed by atoms with Gasteiger partial charge < -0.3 is 9.88 Å². The molecule has 1 aliphatic rings. The molecule has 2 N–H and O–H groups in total. The molecule has 1 saturated heterocycles. The SMILES string of the molecule is c1ccc(-c2[nH]c3ccccc3c2CC[NH+]2CCSCC2)cc1. The Morgan fingerprint density at radius 3 is 2.48 bits per heavy atom. The van der Waals surface area contributed by atoms with Gasteiger partial charge in [0.15, 0.2) is 0 Å². The summed E-state index contributed by atoms with van der Waals surface area (Å²) in [5, 5.41) is 1.39. The van der Waals surface area contributed by atoms with Gasteiger partial charge in [0.25, 0.3) is 0 Å². The molecule has 2 heterocycles. The third-order valence-electron chi connectivity index (χ3n) is 4.80. The van der Waals surface area contributed by atoms with Gasteiger partial charge in [0.1, 0.15) is 0 Å². The highest BCUT2D eigenvalue weighted by Crippen LogP contribution is 2.30. The number of para-hydroxylation sites is 1. The van der Waals surface area contributed by atoms with Gasteiger partial charge in [-0.15, -0.1) is 0 Å². The third-order valence-corrected chi connectivity index (χ3v) is 5.79. The first-order valence-electron chi connectivity index (χ1n) is 8.48. The average molecular weight is 323 g/mol. The number of hydrogen-bond acceptors (Lipinski definition) is 1. The molecule has 2 aromatic carbocycles. The van der Waals surface area contributed by atoms with Crippen molar-refractivity contribution in [3.05, 3.63) is 60.2 Å². The summed E-state index contributed by atoms with van der Waals surface area (Å²) in [5.74, 6) is 2.63. The number of hydrogen-bond donors (Lipinski definition) is 2. The van der Waals surface area contributed by atoms with Crippen LogP contribution in [0.15, 0.2) is 54.6 Å². The van der Waals surface area contributed by atoms with Gasteiger partial charge in [-0.25, -0.2) is 0 Å². The second-order valence-electron chi connectivity index (χ2n) is 6.25. The predicted octanol–water partition coefficient (Wildman–Crippen LogP) is 3.01. The highest BCUT2D eigenvalue weighted by Gasteiger charge is 2.17. The van der Waals surface area contributed by atoms with E-state index in [1.807, 2.05) is 0 Å². The summed E-state index contributed by atoms with van der Waals surface area (Å²) in [7, 11) is 0. The molecule has 0 radical (unpaired) electrons. The molecule has 0 bridgehead atoms. The van der Waals surface area contributed by atoms with Gasteiger partial charge >= 0.3 is 0 Å². The largest absolute Gasteiger partial charge is 0.354 e. The first-order chi connectivity index (χ1) is 11.4. The first kappa shape index (κ1) is 14.9. The Bertz CT molecular complexity index is 773. The fourth-order valence-corrected chi connectivity index (χ4v) is 4.59. The Labute approximate surface area is 141 Å². The van der Waals surface area contributed by atoms with Gasteiger partial charge in [-0.05, 0) is 17.2 Å². The summed E-state index contributed by atoms with van der Waals surface area (Å²) in [6.45, 7) is 3.86. The van der Waals surface area contributed by atoms with Gasteiger partial charge in [-0.2, -0.15) is 11.8 Å². The lowest BCUT2D eigenvalue weighted by Gasteiger charge is -2.23. The van der Waals surface area contributed by atoms with Crippen molar-refractivity contribution in [2.45, 2.75) is 6.42 Å². The number of H-pyrrole nitrogens is 1. The van der Waals surface area contributed by atoms with E-state index in [1.165, 1.54) is 58.9 Å². The lowest BCUT2D eigenvalue weighted by atomic mass is 10.0. The minimum atomic E-state index is 1.15. The van der Waals surface area contributed by atoms with Crippen LogP contribution in [0.4, 0.5) is 0 Å². The quantitative estimate of drug-likeness (QED) is 0.756. The van der Waals surface area contributed by atoms with Crippen LogP contribution < -0.4 is 4.90 Å². The highest BCUT2D eigenvalue weighted by atomic mass is 32.2. The number of quaternary nitrogens is 1. The van der Waals surface area contributed by atoms with E-state index >= 15 is 0 Å². The second-order valence-corrected chi connectivity index (χ2v) is 7.48. The molecular formula is C20H23N2S+. The lowest BCUT2D eigenvalue weighted by Crippen LogP contribution is -3.13. The predicted molar refractivity (Wildman–Crippen MR) is 100 cm³/mol. The standard InChI is InChI=1S/C20H22N2S/c1-2-6-16(7-3-1)20-18(10-11-22-12-14-23-15-13-22)17-8-4-5-9-19(17)21-20/h1-9,21H,10-15H2/p+1. The fourth-order valence-electron chi connectivity index (χ4n) is 3.52. The van der Waals surface area contributed by atoms with E-state index in [0.717, 1.165) is 6.42 Å². The molecule has 0 saturated carbocycles. The summed E-state index contributed by atoms with van der Waals surface area (Å²) < 4.78 is 0. The van der Waals surface area contributed by atoms with Crippen LogP contribution >= 0.6 is 11.8 Å². The van der Waals surface area contributed by atoms with Crippen molar-refractivity contribution >= 4 is 22.7 Å². The van der Waals surface area contributed by atoms with Crippen LogP contribution in [0.1, 0.15) is 5.56 Å². The van der Waals surface area contributed by atoms with Crippen LogP contribution in [0.2, 0.25) is 0 Å². The lowest BCUT2D eigenvalue weighted by molar-refractivity contribution is -0.896. The maximum Gasteiger partial charge on any atom is 0.0863 e. The van der Waals surface area contributed by atoms with Crippen LogP contribution in [0.25, 0.3) is 22.2 Å². The van der Waals surface area contributed by atoms with Crippen LogP contribution in [0, 0.1) is 0 Å². The smallest absolute Gasteiger partial charge is 0.0863 e. The second kappa shape index (κ2) is 6.81. The molecule has 4 rings (SSSR count). The minimum Gasteiger partial charge on any atom is -0.354 e. The molecule has 0 amide bonds. The minimum absolute atomic E-state index is 1.15. The topological polar surface area (TPSA) is 20.2 Å². The number of thioether (sulfide) groups is 1. The molecule has 3 heteroatoms. The highest BCUT2D eigenvalue weighted by molar-refractivity contribution is 7.99. The number of aromatic nitrogens is 1. The zero-order valence-electron chi connectivity index (χ0n) is 13.3. The van der Waals surface area contributed by atoms with Gasteiger partial charge in [-0.1, -0.05) is 48.5 Å². The van der Waals surface area contributed by atoms with Crippen molar-refractivity contribution in [2.75, 3.05) is 31.1 Å². The number of benzene rings is 2. The zero-order chi connectivity index (χ0) is 15.5. The van der Waals surface area contributed by atoms with Crippen molar-refractivity contribution in [2.24, 2.45) is 0 Å². The summed E-state index contributed by atoms with van der Waals surface area (Å²) >= 11 is 2.10. The molecule has 1 fully saturated rings. The van der Waals surface area contributed by atoms with Crippen molar-refractivity contribution in [3.63, 3.8) is 0 Å². The first-order valence-corrected chi connectivity index (χ1v) is 9.63. The Kier molecular flexibility index (Phi) is 4.40. The fraction of sp³-hybridized carbons (Fsp3) is 0.300. The van der Waals surface area contributed by atoms with Crippen LogP contribution in [-0.2, 0) is 6.42 Å². The van der Waals surface area contributed by atoms with E-state index in [9.17, 15) is 0 Å². The summed E-state index contributed by atoms with van der Waals surface area (Å²) in [5.41, 5.74) is 5.34. The normalized spacial score (nSPS) is 16.0. The van der Waals surface area contributed by atoms with Gasteiger partial charge in [0.05, 0.1) is 19.6 Å². The summed E-state index contributed by atoms with van der Waals surface area (Å²) in [6, 6.07) is 19.5. The molecule has 118 valence electrons.